The minimum absolute atomic E-state index is 0.143. The summed E-state index contributed by atoms with van der Waals surface area (Å²) < 4.78 is 0. The fraction of sp³-hybridized carbons (Fsp3) is 0.467. The largest absolute Gasteiger partial charge is 0.392 e. The first kappa shape index (κ1) is 16.5. The van der Waals surface area contributed by atoms with E-state index in [1.54, 1.807) is 18.2 Å². The topological polar surface area (TPSA) is 55.1 Å². The molecule has 0 bridgehead atoms. The van der Waals surface area contributed by atoms with Crippen molar-refractivity contribution in [1.29, 1.82) is 0 Å². The van der Waals surface area contributed by atoms with Gasteiger partial charge in [0.25, 0.3) is 0 Å². The third kappa shape index (κ3) is 3.68. The van der Waals surface area contributed by atoms with Gasteiger partial charge in [-0.05, 0) is 31.0 Å². The molecule has 1 fully saturated rings. The fourth-order valence-corrected chi connectivity index (χ4v) is 3.34. The van der Waals surface area contributed by atoms with Gasteiger partial charge >= 0.3 is 0 Å². The smallest absolute Gasteiger partial charge is 0.237 e. The molecular formula is C15H18Cl2N2OS. The zero-order valence-electron chi connectivity index (χ0n) is 11.6. The van der Waals surface area contributed by atoms with Crippen molar-refractivity contribution in [2.45, 2.75) is 38.5 Å². The van der Waals surface area contributed by atoms with E-state index in [1.165, 1.54) is 0 Å². The van der Waals surface area contributed by atoms with E-state index in [0.29, 0.717) is 28.6 Å². The van der Waals surface area contributed by atoms with Crippen LogP contribution in [0.3, 0.4) is 0 Å². The van der Waals surface area contributed by atoms with Crippen LogP contribution in [0.4, 0.5) is 5.69 Å². The number of hydrogen-bond acceptors (Lipinski definition) is 2. The number of carbonyl (C=O) groups is 1. The lowest BCUT2D eigenvalue weighted by molar-refractivity contribution is -0.122. The van der Waals surface area contributed by atoms with Crippen LogP contribution in [0.15, 0.2) is 18.2 Å². The molecule has 0 saturated heterocycles. The van der Waals surface area contributed by atoms with Crippen molar-refractivity contribution in [3.63, 3.8) is 0 Å². The summed E-state index contributed by atoms with van der Waals surface area (Å²) in [7, 11) is 0. The van der Waals surface area contributed by atoms with Crippen LogP contribution in [0.2, 0.25) is 10.0 Å². The highest BCUT2D eigenvalue weighted by molar-refractivity contribution is 7.80. The van der Waals surface area contributed by atoms with E-state index in [-0.39, 0.29) is 10.9 Å². The van der Waals surface area contributed by atoms with Gasteiger partial charge in [0.05, 0.1) is 20.4 Å². The average molecular weight is 345 g/mol. The van der Waals surface area contributed by atoms with Crippen LogP contribution < -0.4 is 11.1 Å². The molecule has 0 aliphatic heterocycles. The Kier molecular flexibility index (Phi) is 5.47. The maximum Gasteiger partial charge on any atom is 0.237 e. The van der Waals surface area contributed by atoms with Gasteiger partial charge < -0.3 is 11.1 Å². The lowest BCUT2D eigenvalue weighted by Gasteiger charge is -2.30. The zero-order valence-corrected chi connectivity index (χ0v) is 14.0. The Morgan fingerprint density at radius 3 is 2.29 bits per heavy atom. The number of rotatable bonds is 3. The van der Waals surface area contributed by atoms with Gasteiger partial charge in [-0.1, -0.05) is 61.1 Å². The molecule has 0 unspecified atom stereocenters. The second-order valence-corrected chi connectivity index (χ2v) is 6.70. The quantitative estimate of drug-likeness (QED) is 0.624. The number of nitrogens with two attached hydrogens (primary N) is 1. The van der Waals surface area contributed by atoms with Crippen LogP contribution in [0.5, 0.6) is 0 Å². The molecule has 0 heterocycles. The predicted octanol–water partition coefficient (Wildman–Crippen LogP) is 4.56. The molecule has 1 aliphatic rings. The number of thiocarbonyl (C=S) groups is 1. The molecule has 0 aromatic heterocycles. The molecular weight excluding hydrogens is 327 g/mol. The minimum Gasteiger partial charge on any atom is -0.392 e. The highest BCUT2D eigenvalue weighted by Crippen LogP contribution is 2.37. The molecule has 1 amide bonds. The van der Waals surface area contributed by atoms with Crippen LogP contribution in [0, 0.1) is 5.41 Å². The van der Waals surface area contributed by atoms with Gasteiger partial charge in [0, 0.05) is 5.69 Å². The third-order valence-corrected chi connectivity index (χ3v) is 5.17. The molecule has 3 nitrogen and oxygen atoms in total. The Bertz CT molecular complexity index is 555. The Hall–Kier alpha value is -0.840. The molecule has 1 aromatic carbocycles. The number of carbonyl (C=O) groups excluding carboxylic acids is 1. The summed E-state index contributed by atoms with van der Waals surface area (Å²) in [6.07, 6.45) is 5.57. The standard InChI is InChI=1S/C15H18Cl2N2OS/c16-11-6-5-10(9-12(11)17)19-14(20)15(13(18)21)7-3-1-2-4-8-15/h5-6,9H,1-4,7-8H2,(H2,18,21)(H,19,20). The number of anilines is 1. The summed E-state index contributed by atoms with van der Waals surface area (Å²) in [5.74, 6) is -0.143. The van der Waals surface area contributed by atoms with E-state index >= 15 is 0 Å². The molecule has 1 aromatic rings. The second kappa shape index (κ2) is 6.95. The van der Waals surface area contributed by atoms with Gasteiger partial charge in [-0.15, -0.1) is 0 Å². The number of benzene rings is 1. The number of hydrogen-bond donors (Lipinski definition) is 2. The first-order valence-electron chi connectivity index (χ1n) is 7.02. The minimum atomic E-state index is -0.752. The molecule has 1 saturated carbocycles. The Morgan fingerprint density at radius 2 is 1.76 bits per heavy atom. The first-order chi connectivity index (χ1) is 9.95. The van der Waals surface area contributed by atoms with Gasteiger partial charge in [-0.2, -0.15) is 0 Å². The van der Waals surface area contributed by atoms with E-state index in [1.807, 2.05) is 0 Å². The summed E-state index contributed by atoms with van der Waals surface area (Å²) in [5.41, 5.74) is 5.76. The van der Waals surface area contributed by atoms with Gasteiger partial charge in [0.1, 0.15) is 0 Å². The Balaban J connectivity index is 2.22. The molecule has 0 radical (unpaired) electrons. The van der Waals surface area contributed by atoms with Crippen molar-refractivity contribution in [1.82, 2.24) is 0 Å². The Labute approximate surface area is 140 Å². The molecule has 21 heavy (non-hydrogen) atoms. The molecule has 0 atom stereocenters. The van der Waals surface area contributed by atoms with E-state index in [2.05, 4.69) is 5.32 Å². The van der Waals surface area contributed by atoms with E-state index in [4.69, 9.17) is 41.2 Å². The lowest BCUT2D eigenvalue weighted by atomic mass is 9.79. The zero-order chi connectivity index (χ0) is 15.5. The Morgan fingerprint density at radius 1 is 1.14 bits per heavy atom. The van der Waals surface area contributed by atoms with Gasteiger partial charge in [0.15, 0.2) is 0 Å². The maximum atomic E-state index is 12.7. The summed E-state index contributed by atoms with van der Waals surface area (Å²) >= 11 is 17.0. The molecule has 6 heteroatoms. The van der Waals surface area contributed by atoms with Gasteiger partial charge in [-0.25, -0.2) is 0 Å². The average Bonchev–Trinajstić information content (AvgIpc) is 2.69. The first-order valence-corrected chi connectivity index (χ1v) is 8.18. The van der Waals surface area contributed by atoms with Crippen LogP contribution in [-0.4, -0.2) is 10.9 Å². The SMILES string of the molecule is NC(=S)C1(C(=O)Nc2ccc(Cl)c(Cl)c2)CCCCCC1. The van der Waals surface area contributed by atoms with Crippen molar-refractivity contribution < 1.29 is 4.79 Å². The third-order valence-electron chi connectivity index (χ3n) is 4.04. The fourth-order valence-electron chi connectivity index (χ4n) is 2.74. The molecule has 2 rings (SSSR count). The monoisotopic (exact) mass is 344 g/mol. The summed E-state index contributed by atoms with van der Waals surface area (Å²) in [6.45, 7) is 0. The highest BCUT2D eigenvalue weighted by atomic mass is 35.5. The highest BCUT2D eigenvalue weighted by Gasteiger charge is 2.41. The molecule has 1 aliphatic carbocycles. The van der Waals surface area contributed by atoms with Gasteiger partial charge in [-0.3, -0.25) is 4.79 Å². The van der Waals surface area contributed by atoms with Crippen LogP contribution in [-0.2, 0) is 4.79 Å². The molecule has 0 spiro atoms. The van der Waals surface area contributed by atoms with Gasteiger partial charge in [0.2, 0.25) is 5.91 Å². The summed E-state index contributed by atoms with van der Waals surface area (Å²) in [4.78, 5) is 13.0. The van der Waals surface area contributed by atoms with Crippen molar-refractivity contribution >= 4 is 52.0 Å². The lowest BCUT2D eigenvalue weighted by Crippen LogP contribution is -2.45. The molecule has 114 valence electrons. The molecule has 3 N–H and O–H groups in total. The van der Waals surface area contributed by atoms with Crippen molar-refractivity contribution in [2.24, 2.45) is 11.1 Å². The van der Waals surface area contributed by atoms with E-state index in [0.717, 1.165) is 25.7 Å². The number of amides is 1. The van der Waals surface area contributed by atoms with Crippen LogP contribution in [0.25, 0.3) is 0 Å². The van der Waals surface area contributed by atoms with E-state index in [9.17, 15) is 4.79 Å². The van der Waals surface area contributed by atoms with Crippen molar-refractivity contribution in [3.8, 4) is 0 Å². The normalized spacial score (nSPS) is 17.8. The second-order valence-electron chi connectivity index (χ2n) is 5.44. The summed E-state index contributed by atoms with van der Waals surface area (Å²) in [6, 6.07) is 5.00. The number of halogens is 2. The van der Waals surface area contributed by atoms with E-state index < -0.39 is 5.41 Å². The van der Waals surface area contributed by atoms with Crippen LogP contribution >= 0.6 is 35.4 Å². The van der Waals surface area contributed by atoms with Crippen LogP contribution in [0.1, 0.15) is 38.5 Å². The summed E-state index contributed by atoms with van der Waals surface area (Å²) in [5, 5.41) is 3.73. The number of nitrogens with one attached hydrogen (secondary N) is 1. The maximum absolute atomic E-state index is 12.7. The predicted molar refractivity (Wildman–Crippen MR) is 92.0 cm³/mol. The van der Waals surface area contributed by atoms with Crippen molar-refractivity contribution in [2.75, 3.05) is 5.32 Å². The van der Waals surface area contributed by atoms with Crippen molar-refractivity contribution in [3.05, 3.63) is 28.2 Å².